The lowest BCUT2D eigenvalue weighted by Gasteiger charge is -2.11. The third-order valence-electron chi connectivity index (χ3n) is 3.81. The van der Waals surface area contributed by atoms with Crippen LogP contribution in [0.3, 0.4) is 0 Å². The molecule has 1 N–H and O–H groups in total. The Morgan fingerprint density at radius 1 is 0.889 bits per heavy atom. The molecule has 0 atom stereocenters. The van der Waals surface area contributed by atoms with E-state index in [4.69, 9.17) is 9.47 Å². The number of hydrogen-bond donors (Lipinski definition) is 1. The van der Waals surface area contributed by atoms with Gasteiger partial charge in [0.15, 0.2) is 11.5 Å². The van der Waals surface area contributed by atoms with E-state index in [2.05, 4.69) is 15.3 Å². The number of ether oxygens (including phenoxy) is 2. The minimum absolute atomic E-state index is 0.279. The summed E-state index contributed by atoms with van der Waals surface area (Å²) < 4.78 is 49.0. The first kappa shape index (κ1) is 18.5. The Hall–Kier alpha value is -3.29. The van der Waals surface area contributed by atoms with E-state index in [0.717, 1.165) is 17.7 Å². The van der Waals surface area contributed by atoms with Crippen LogP contribution in [-0.2, 0) is 6.18 Å². The molecule has 0 saturated carbocycles. The number of halogens is 3. The SMILES string of the molecule is COc1ccc(-c2cc(Nc3cccc(C(F)(F)F)c3)ncn2)cc1OC. The van der Waals surface area contributed by atoms with Crippen molar-refractivity contribution >= 4 is 11.5 Å². The third-order valence-corrected chi connectivity index (χ3v) is 3.81. The first-order valence-electron chi connectivity index (χ1n) is 7.89. The molecule has 8 heteroatoms. The standard InChI is InChI=1S/C19H16F3N3O2/c1-26-16-7-6-12(8-17(16)27-2)15-10-18(24-11-23-15)25-14-5-3-4-13(9-14)19(20,21)22/h3-11H,1-2H3,(H,23,24,25). The molecule has 1 heterocycles. The monoisotopic (exact) mass is 375 g/mol. The van der Waals surface area contributed by atoms with Gasteiger partial charge in [-0.3, -0.25) is 0 Å². The van der Waals surface area contributed by atoms with Gasteiger partial charge in [-0.25, -0.2) is 9.97 Å². The average Bonchev–Trinajstić information content (AvgIpc) is 2.67. The maximum absolute atomic E-state index is 12.8. The first-order valence-corrected chi connectivity index (χ1v) is 7.89. The van der Waals surface area contributed by atoms with E-state index in [1.165, 1.54) is 25.6 Å². The zero-order chi connectivity index (χ0) is 19.4. The van der Waals surface area contributed by atoms with Gasteiger partial charge in [-0.05, 0) is 36.4 Å². The molecule has 0 bridgehead atoms. The van der Waals surface area contributed by atoms with Crippen LogP contribution in [0.15, 0.2) is 54.9 Å². The van der Waals surface area contributed by atoms with Crippen LogP contribution < -0.4 is 14.8 Å². The van der Waals surface area contributed by atoms with E-state index < -0.39 is 11.7 Å². The van der Waals surface area contributed by atoms with Crippen molar-refractivity contribution in [2.45, 2.75) is 6.18 Å². The number of rotatable bonds is 5. The third kappa shape index (κ3) is 4.28. The van der Waals surface area contributed by atoms with Crippen molar-refractivity contribution in [1.82, 2.24) is 9.97 Å². The van der Waals surface area contributed by atoms with Crippen molar-refractivity contribution in [1.29, 1.82) is 0 Å². The van der Waals surface area contributed by atoms with Crippen LogP contribution >= 0.6 is 0 Å². The molecule has 0 unspecified atom stereocenters. The molecule has 0 spiro atoms. The fraction of sp³-hybridized carbons (Fsp3) is 0.158. The normalized spacial score (nSPS) is 11.1. The van der Waals surface area contributed by atoms with Gasteiger partial charge in [-0.15, -0.1) is 0 Å². The van der Waals surface area contributed by atoms with Crippen molar-refractivity contribution in [2.24, 2.45) is 0 Å². The summed E-state index contributed by atoms with van der Waals surface area (Å²) in [4.78, 5) is 8.28. The number of benzene rings is 2. The summed E-state index contributed by atoms with van der Waals surface area (Å²) in [7, 11) is 3.07. The summed E-state index contributed by atoms with van der Waals surface area (Å²) in [5.74, 6) is 1.49. The largest absolute Gasteiger partial charge is 0.493 e. The van der Waals surface area contributed by atoms with Gasteiger partial charge >= 0.3 is 6.18 Å². The molecule has 0 aliphatic carbocycles. The second-order valence-corrected chi connectivity index (χ2v) is 5.56. The van der Waals surface area contributed by atoms with E-state index in [1.54, 1.807) is 31.4 Å². The van der Waals surface area contributed by atoms with Crippen LogP contribution in [0.4, 0.5) is 24.7 Å². The highest BCUT2D eigenvalue weighted by molar-refractivity contribution is 5.68. The predicted octanol–water partition coefficient (Wildman–Crippen LogP) is 4.92. The Balaban J connectivity index is 1.89. The number of anilines is 2. The van der Waals surface area contributed by atoms with Gasteiger partial charge in [0.25, 0.3) is 0 Å². The molecule has 2 aromatic carbocycles. The maximum atomic E-state index is 12.8. The fourth-order valence-electron chi connectivity index (χ4n) is 2.50. The Bertz CT molecular complexity index is 945. The topological polar surface area (TPSA) is 56.3 Å². The molecule has 3 aromatic rings. The molecule has 0 aliphatic rings. The van der Waals surface area contributed by atoms with E-state index in [9.17, 15) is 13.2 Å². The number of nitrogens with zero attached hydrogens (tertiary/aromatic N) is 2. The highest BCUT2D eigenvalue weighted by Gasteiger charge is 2.30. The summed E-state index contributed by atoms with van der Waals surface area (Å²) in [6.07, 6.45) is -3.07. The number of methoxy groups -OCH3 is 2. The van der Waals surface area contributed by atoms with Gasteiger partial charge in [0, 0.05) is 17.3 Å². The van der Waals surface area contributed by atoms with Crippen molar-refractivity contribution in [3.8, 4) is 22.8 Å². The zero-order valence-corrected chi connectivity index (χ0v) is 14.5. The second-order valence-electron chi connectivity index (χ2n) is 5.56. The number of aromatic nitrogens is 2. The van der Waals surface area contributed by atoms with Crippen LogP contribution in [0, 0.1) is 0 Å². The highest BCUT2D eigenvalue weighted by Crippen LogP contribution is 2.33. The molecule has 0 amide bonds. The van der Waals surface area contributed by atoms with E-state index >= 15 is 0 Å². The van der Waals surface area contributed by atoms with Crippen molar-refractivity contribution in [2.75, 3.05) is 19.5 Å². The van der Waals surface area contributed by atoms with Gasteiger partial charge in [-0.2, -0.15) is 13.2 Å². The Morgan fingerprint density at radius 3 is 2.37 bits per heavy atom. The minimum Gasteiger partial charge on any atom is -0.493 e. The summed E-state index contributed by atoms with van der Waals surface area (Å²) in [6.45, 7) is 0. The molecule has 0 fully saturated rings. The van der Waals surface area contributed by atoms with Crippen molar-refractivity contribution < 1.29 is 22.6 Å². The Morgan fingerprint density at radius 2 is 1.67 bits per heavy atom. The van der Waals surface area contributed by atoms with Crippen LogP contribution in [0.1, 0.15) is 5.56 Å². The summed E-state index contributed by atoms with van der Waals surface area (Å²) in [5, 5.41) is 2.87. The summed E-state index contributed by atoms with van der Waals surface area (Å²) >= 11 is 0. The molecule has 0 saturated heterocycles. The molecule has 0 aliphatic heterocycles. The second kappa shape index (κ2) is 7.53. The molecule has 27 heavy (non-hydrogen) atoms. The van der Waals surface area contributed by atoms with Gasteiger partial charge in [-0.1, -0.05) is 6.07 Å². The van der Waals surface area contributed by atoms with Gasteiger partial charge in [0.1, 0.15) is 12.1 Å². The molecular weight excluding hydrogens is 359 g/mol. The quantitative estimate of drug-likeness (QED) is 0.686. The van der Waals surface area contributed by atoms with E-state index in [-0.39, 0.29) is 5.69 Å². The van der Waals surface area contributed by atoms with Crippen LogP contribution in [0.5, 0.6) is 11.5 Å². The first-order chi connectivity index (χ1) is 12.9. The lowest BCUT2D eigenvalue weighted by atomic mass is 10.1. The Kier molecular flexibility index (Phi) is 5.16. The fourth-order valence-corrected chi connectivity index (χ4v) is 2.50. The summed E-state index contributed by atoms with van der Waals surface area (Å²) in [5.41, 5.74) is 0.881. The molecule has 0 radical (unpaired) electrons. The number of alkyl halides is 3. The van der Waals surface area contributed by atoms with Gasteiger partial charge < -0.3 is 14.8 Å². The van der Waals surface area contributed by atoms with E-state index in [0.29, 0.717) is 23.0 Å². The highest BCUT2D eigenvalue weighted by atomic mass is 19.4. The zero-order valence-electron chi connectivity index (χ0n) is 14.5. The lowest BCUT2D eigenvalue weighted by molar-refractivity contribution is -0.137. The van der Waals surface area contributed by atoms with Gasteiger partial charge in [0.2, 0.25) is 0 Å². The van der Waals surface area contributed by atoms with E-state index in [1.807, 2.05) is 0 Å². The summed E-state index contributed by atoms with van der Waals surface area (Å²) in [6, 6.07) is 11.9. The number of nitrogens with one attached hydrogen (secondary N) is 1. The number of hydrogen-bond acceptors (Lipinski definition) is 5. The molecule has 3 rings (SSSR count). The molecular formula is C19H16F3N3O2. The van der Waals surface area contributed by atoms with Crippen LogP contribution in [0.2, 0.25) is 0 Å². The molecule has 5 nitrogen and oxygen atoms in total. The minimum atomic E-state index is -4.41. The average molecular weight is 375 g/mol. The van der Waals surface area contributed by atoms with Crippen molar-refractivity contribution in [3.05, 3.63) is 60.4 Å². The maximum Gasteiger partial charge on any atom is 0.416 e. The smallest absolute Gasteiger partial charge is 0.416 e. The van der Waals surface area contributed by atoms with Crippen molar-refractivity contribution in [3.63, 3.8) is 0 Å². The van der Waals surface area contributed by atoms with Gasteiger partial charge in [0.05, 0.1) is 25.5 Å². The molecule has 140 valence electrons. The van der Waals surface area contributed by atoms with Crippen LogP contribution in [-0.4, -0.2) is 24.2 Å². The Labute approximate surface area is 153 Å². The predicted molar refractivity (Wildman–Crippen MR) is 95.3 cm³/mol. The van der Waals surface area contributed by atoms with Crippen LogP contribution in [0.25, 0.3) is 11.3 Å². The lowest BCUT2D eigenvalue weighted by Crippen LogP contribution is -2.05. The molecule has 1 aromatic heterocycles.